The van der Waals surface area contributed by atoms with Crippen molar-refractivity contribution in [3.63, 3.8) is 0 Å². The third-order valence-corrected chi connectivity index (χ3v) is 1.91. The van der Waals surface area contributed by atoms with Gasteiger partial charge in [-0.1, -0.05) is 0 Å². The van der Waals surface area contributed by atoms with E-state index in [2.05, 4.69) is 0 Å². The number of nitro groups is 1. The van der Waals surface area contributed by atoms with Crippen LogP contribution in [0.2, 0.25) is 0 Å². The molecular formula is C9H7N3O4. The van der Waals surface area contributed by atoms with Crippen LogP contribution in [0.4, 0.5) is 11.4 Å². The van der Waals surface area contributed by atoms with E-state index in [1.54, 1.807) is 6.07 Å². The number of carbonyl (C=O) groups is 1. The van der Waals surface area contributed by atoms with E-state index >= 15 is 0 Å². The highest BCUT2D eigenvalue weighted by Gasteiger charge is 2.18. The summed E-state index contributed by atoms with van der Waals surface area (Å²) in [5, 5.41) is 27.8. The molecule has 0 heterocycles. The highest BCUT2D eigenvalue weighted by Crippen LogP contribution is 2.27. The van der Waals surface area contributed by atoms with E-state index in [9.17, 15) is 14.9 Å². The Kier molecular flexibility index (Phi) is 3.06. The van der Waals surface area contributed by atoms with Crippen molar-refractivity contribution >= 4 is 17.3 Å². The van der Waals surface area contributed by atoms with Crippen LogP contribution < -0.4 is 5.73 Å². The van der Waals surface area contributed by atoms with Crippen LogP contribution >= 0.6 is 0 Å². The Balaban J connectivity index is 3.38. The second kappa shape index (κ2) is 4.27. The zero-order valence-electron chi connectivity index (χ0n) is 8.01. The Hall–Kier alpha value is -2.62. The van der Waals surface area contributed by atoms with Crippen molar-refractivity contribution in [3.8, 4) is 6.07 Å². The van der Waals surface area contributed by atoms with E-state index in [0.29, 0.717) is 0 Å². The number of hydrogen-bond donors (Lipinski definition) is 2. The molecule has 0 aliphatic rings. The molecule has 7 heteroatoms. The Bertz CT molecular complexity index is 504. The molecule has 1 aromatic carbocycles. The van der Waals surface area contributed by atoms with Gasteiger partial charge in [0.2, 0.25) is 0 Å². The number of nitrogen functional groups attached to an aromatic ring is 1. The number of nitrogens with zero attached hydrogens (tertiary/aromatic N) is 2. The van der Waals surface area contributed by atoms with E-state index in [-0.39, 0.29) is 16.8 Å². The Labute approximate surface area is 89.9 Å². The molecule has 3 N–H and O–H groups in total. The largest absolute Gasteiger partial charge is 0.481 e. The third-order valence-electron chi connectivity index (χ3n) is 1.91. The maximum Gasteiger partial charge on any atom is 0.307 e. The molecule has 0 radical (unpaired) electrons. The summed E-state index contributed by atoms with van der Waals surface area (Å²) in [6.07, 6.45) is -0.456. The summed E-state index contributed by atoms with van der Waals surface area (Å²) < 4.78 is 0. The van der Waals surface area contributed by atoms with Crippen LogP contribution in [0, 0.1) is 21.4 Å². The lowest BCUT2D eigenvalue weighted by Crippen LogP contribution is -2.06. The summed E-state index contributed by atoms with van der Waals surface area (Å²) in [5.74, 6) is -1.17. The maximum absolute atomic E-state index is 10.6. The lowest BCUT2D eigenvalue weighted by atomic mass is 10.0. The number of rotatable bonds is 3. The summed E-state index contributed by atoms with van der Waals surface area (Å²) in [5.41, 5.74) is 4.86. The fraction of sp³-hybridized carbons (Fsp3) is 0.111. The smallest absolute Gasteiger partial charge is 0.307 e. The highest BCUT2D eigenvalue weighted by molar-refractivity contribution is 5.76. The summed E-state index contributed by atoms with van der Waals surface area (Å²) in [4.78, 5) is 20.3. The van der Waals surface area contributed by atoms with Crippen molar-refractivity contribution in [2.45, 2.75) is 6.42 Å². The van der Waals surface area contributed by atoms with Gasteiger partial charge >= 0.3 is 5.97 Å². The maximum atomic E-state index is 10.6. The zero-order chi connectivity index (χ0) is 12.3. The molecule has 0 amide bonds. The summed E-state index contributed by atoms with van der Waals surface area (Å²) >= 11 is 0. The van der Waals surface area contributed by atoms with Crippen LogP contribution in [-0.4, -0.2) is 16.0 Å². The molecule has 0 aliphatic heterocycles. The van der Waals surface area contributed by atoms with Gasteiger partial charge in [0.05, 0.1) is 23.0 Å². The Morgan fingerprint density at radius 1 is 1.62 bits per heavy atom. The molecule has 0 atom stereocenters. The first-order valence-corrected chi connectivity index (χ1v) is 4.14. The number of carboxylic acid groups (broad SMARTS) is 1. The molecule has 0 unspecified atom stereocenters. The first-order valence-electron chi connectivity index (χ1n) is 4.14. The minimum atomic E-state index is -1.17. The van der Waals surface area contributed by atoms with Crippen LogP contribution in [-0.2, 0) is 11.2 Å². The van der Waals surface area contributed by atoms with Gasteiger partial charge in [0, 0.05) is 6.07 Å². The van der Waals surface area contributed by atoms with Crippen molar-refractivity contribution in [1.29, 1.82) is 5.26 Å². The normalized spacial score (nSPS) is 9.44. The van der Waals surface area contributed by atoms with Gasteiger partial charge in [0.15, 0.2) is 0 Å². The van der Waals surface area contributed by atoms with Crippen molar-refractivity contribution in [1.82, 2.24) is 0 Å². The predicted molar refractivity (Wildman–Crippen MR) is 53.6 cm³/mol. The number of nitro benzene ring substituents is 1. The van der Waals surface area contributed by atoms with Gasteiger partial charge in [-0.3, -0.25) is 14.9 Å². The molecular weight excluding hydrogens is 214 g/mol. The molecule has 1 rings (SSSR count). The highest BCUT2D eigenvalue weighted by atomic mass is 16.6. The summed E-state index contributed by atoms with van der Waals surface area (Å²) in [6.45, 7) is 0. The fourth-order valence-corrected chi connectivity index (χ4v) is 1.22. The molecule has 1 aromatic rings. The first-order chi connectivity index (χ1) is 7.45. The molecule has 0 bridgehead atoms. The minimum Gasteiger partial charge on any atom is -0.481 e. The minimum absolute atomic E-state index is 0.0113. The molecule has 7 nitrogen and oxygen atoms in total. The van der Waals surface area contributed by atoms with E-state index in [1.165, 1.54) is 6.07 Å². The van der Waals surface area contributed by atoms with Crippen LogP contribution in [0.1, 0.15) is 11.1 Å². The van der Waals surface area contributed by atoms with Crippen LogP contribution in [0.5, 0.6) is 0 Å². The lowest BCUT2D eigenvalue weighted by molar-refractivity contribution is -0.384. The lowest BCUT2D eigenvalue weighted by Gasteiger charge is -2.04. The van der Waals surface area contributed by atoms with Gasteiger partial charge < -0.3 is 10.8 Å². The molecule has 0 aliphatic carbocycles. The van der Waals surface area contributed by atoms with E-state index in [1.807, 2.05) is 0 Å². The quantitative estimate of drug-likeness (QED) is 0.438. The van der Waals surface area contributed by atoms with E-state index < -0.39 is 23.0 Å². The van der Waals surface area contributed by atoms with Gasteiger partial charge in [-0.25, -0.2) is 0 Å². The van der Waals surface area contributed by atoms with Gasteiger partial charge in [-0.15, -0.1) is 0 Å². The SMILES string of the molecule is N#Cc1cc(CC(=O)O)c(N)c([N+](=O)[O-])c1. The number of carboxylic acids is 1. The molecule has 82 valence electrons. The average molecular weight is 221 g/mol. The topological polar surface area (TPSA) is 130 Å². The number of benzene rings is 1. The van der Waals surface area contributed by atoms with Gasteiger partial charge in [-0.05, 0) is 11.6 Å². The monoisotopic (exact) mass is 221 g/mol. The summed E-state index contributed by atoms with van der Waals surface area (Å²) in [6, 6.07) is 3.96. The standard InChI is InChI=1S/C9H7N3O4/c10-4-5-1-6(3-8(13)14)9(11)7(2-5)12(15)16/h1-2H,3,11H2,(H,13,14). The van der Waals surface area contributed by atoms with Gasteiger partial charge in [0.25, 0.3) is 5.69 Å². The first kappa shape index (κ1) is 11.5. The van der Waals surface area contributed by atoms with Gasteiger partial charge in [-0.2, -0.15) is 5.26 Å². The fourth-order valence-electron chi connectivity index (χ4n) is 1.22. The van der Waals surface area contributed by atoms with Crippen molar-refractivity contribution in [3.05, 3.63) is 33.4 Å². The summed E-state index contributed by atoms with van der Waals surface area (Å²) in [7, 11) is 0. The van der Waals surface area contributed by atoms with Gasteiger partial charge in [0.1, 0.15) is 5.69 Å². The van der Waals surface area contributed by atoms with Crippen molar-refractivity contribution in [2.24, 2.45) is 0 Å². The second-order valence-corrected chi connectivity index (χ2v) is 3.01. The molecule has 0 saturated carbocycles. The second-order valence-electron chi connectivity index (χ2n) is 3.01. The third kappa shape index (κ3) is 2.24. The zero-order valence-corrected chi connectivity index (χ0v) is 8.01. The Morgan fingerprint density at radius 3 is 2.69 bits per heavy atom. The molecule has 0 fully saturated rings. The van der Waals surface area contributed by atoms with E-state index in [0.717, 1.165) is 6.07 Å². The average Bonchev–Trinajstić information content (AvgIpc) is 2.19. The molecule has 16 heavy (non-hydrogen) atoms. The van der Waals surface area contributed by atoms with Crippen molar-refractivity contribution in [2.75, 3.05) is 5.73 Å². The Morgan fingerprint density at radius 2 is 2.25 bits per heavy atom. The van der Waals surface area contributed by atoms with Crippen LogP contribution in [0.25, 0.3) is 0 Å². The number of aliphatic carboxylic acids is 1. The number of anilines is 1. The number of nitrogens with two attached hydrogens (primary N) is 1. The predicted octanol–water partition coefficient (Wildman–Crippen LogP) is 0.676. The van der Waals surface area contributed by atoms with Crippen molar-refractivity contribution < 1.29 is 14.8 Å². The van der Waals surface area contributed by atoms with Crippen LogP contribution in [0.15, 0.2) is 12.1 Å². The molecule has 0 saturated heterocycles. The van der Waals surface area contributed by atoms with E-state index in [4.69, 9.17) is 16.1 Å². The molecule has 0 aromatic heterocycles. The molecule has 0 spiro atoms. The number of hydrogen-bond acceptors (Lipinski definition) is 5. The van der Waals surface area contributed by atoms with Crippen LogP contribution in [0.3, 0.4) is 0 Å². The number of nitriles is 1.